The predicted molar refractivity (Wildman–Crippen MR) is 71.0 cm³/mol. The molecule has 1 aromatic carbocycles. The van der Waals surface area contributed by atoms with Crippen molar-refractivity contribution >= 4 is 26.0 Å². The van der Waals surface area contributed by atoms with Crippen molar-refractivity contribution in [2.75, 3.05) is 25.1 Å². The van der Waals surface area contributed by atoms with Crippen LogP contribution in [0, 0.1) is 6.92 Å². The molecule has 4 nitrogen and oxygen atoms in total. The maximum atomic E-state index is 11.8. The van der Waals surface area contributed by atoms with Crippen molar-refractivity contribution in [1.29, 1.82) is 0 Å². The van der Waals surface area contributed by atoms with Gasteiger partial charge in [0.05, 0.1) is 18.1 Å². The summed E-state index contributed by atoms with van der Waals surface area (Å²) >= 11 is 3.22. The highest BCUT2D eigenvalue weighted by atomic mass is 79.9. The topological polar surface area (TPSA) is 55.4 Å². The zero-order chi connectivity index (χ0) is 12.7. The van der Waals surface area contributed by atoms with Gasteiger partial charge in [-0.3, -0.25) is 0 Å². The molecule has 96 valence electrons. The number of hydrogen-bond donors (Lipinski definition) is 1. The predicted octanol–water partition coefficient (Wildman–Crippen LogP) is 1.68. The number of nitrogens with one attached hydrogen (secondary N) is 1. The van der Waals surface area contributed by atoms with Crippen molar-refractivity contribution in [2.24, 2.45) is 0 Å². The molecule has 1 aromatic rings. The Morgan fingerprint density at radius 2 is 1.88 bits per heavy atom. The van der Waals surface area contributed by atoms with Crippen LogP contribution in [0.25, 0.3) is 0 Å². The Morgan fingerprint density at radius 1 is 1.24 bits per heavy atom. The van der Waals surface area contributed by atoms with E-state index in [9.17, 15) is 8.42 Å². The molecular weight excluding hydrogens is 306 g/mol. The van der Waals surface area contributed by atoms with E-state index < -0.39 is 10.0 Å². The molecule has 6 heteroatoms. The SMILES string of the molecule is Cc1ccc(S(=O)(=O)NCCOCCBr)cc1. The van der Waals surface area contributed by atoms with Gasteiger partial charge in [-0.1, -0.05) is 33.6 Å². The average molecular weight is 322 g/mol. The molecule has 0 aliphatic carbocycles. The molecule has 17 heavy (non-hydrogen) atoms. The quantitative estimate of drug-likeness (QED) is 0.614. The smallest absolute Gasteiger partial charge is 0.240 e. The first-order valence-corrected chi connectivity index (χ1v) is 7.87. The molecule has 0 atom stereocenters. The fraction of sp³-hybridized carbons (Fsp3) is 0.455. The minimum absolute atomic E-state index is 0.281. The van der Waals surface area contributed by atoms with Gasteiger partial charge in [-0.2, -0.15) is 0 Å². The minimum atomic E-state index is -3.41. The van der Waals surface area contributed by atoms with Crippen LogP contribution in [0.4, 0.5) is 0 Å². The number of alkyl halides is 1. The number of aryl methyl sites for hydroxylation is 1. The van der Waals surface area contributed by atoms with Crippen LogP contribution in [-0.4, -0.2) is 33.5 Å². The summed E-state index contributed by atoms with van der Waals surface area (Å²) in [6.45, 7) is 3.14. The number of hydrogen-bond acceptors (Lipinski definition) is 3. The lowest BCUT2D eigenvalue weighted by molar-refractivity contribution is 0.156. The van der Waals surface area contributed by atoms with Gasteiger partial charge in [-0.05, 0) is 19.1 Å². The van der Waals surface area contributed by atoms with Crippen LogP contribution in [0.3, 0.4) is 0 Å². The Morgan fingerprint density at radius 3 is 2.47 bits per heavy atom. The van der Waals surface area contributed by atoms with Crippen LogP contribution in [-0.2, 0) is 14.8 Å². The molecule has 1 rings (SSSR count). The van der Waals surface area contributed by atoms with E-state index in [-0.39, 0.29) is 11.4 Å². The first-order valence-electron chi connectivity index (χ1n) is 5.26. The molecule has 0 heterocycles. The summed E-state index contributed by atoms with van der Waals surface area (Å²) in [6.07, 6.45) is 0. The van der Waals surface area contributed by atoms with E-state index in [1.54, 1.807) is 24.3 Å². The molecule has 0 aliphatic heterocycles. The number of ether oxygens (including phenoxy) is 1. The van der Waals surface area contributed by atoms with Crippen LogP contribution in [0.15, 0.2) is 29.2 Å². The van der Waals surface area contributed by atoms with Gasteiger partial charge < -0.3 is 4.74 Å². The van der Waals surface area contributed by atoms with Crippen LogP contribution < -0.4 is 4.72 Å². The van der Waals surface area contributed by atoms with Crippen molar-refractivity contribution in [1.82, 2.24) is 4.72 Å². The lowest BCUT2D eigenvalue weighted by atomic mass is 10.2. The fourth-order valence-corrected chi connectivity index (χ4v) is 2.45. The maximum absolute atomic E-state index is 11.8. The minimum Gasteiger partial charge on any atom is -0.379 e. The summed E-state index contributed by atoms with van der Waals surface area (Å²) in [7, 11) is -3.41. The largest absolute Gasteiger partial charge is 0.379 e. The van der Waals surface area contributed by atoms with Crippen molar-refractivity contribution in [3.05, 3.63) is 29.8 Å². The van der Waals surface area contributed by atoms with Crippen molar-refractivity contribution in [3.63, 3.8) is 0 Å². The average Bonchev–Trinajstić information content (AvgIpc) is 2.29. The highest BCUT2D eigenvalue weighted by Crippen LogP contribution is 2.09. The summed E-state index contributed by atoms with van der Waals surface area (Å²) in [5.74, 6) is 0. The van der Waals surface area contributed by atoms with Gasteiger partial charge in [0, 0.05) is 11.9 Å². The molecule has 0 radical (unpaired) electrons. The second kappa shape index (κ2) is 7.10. The molecule has 0 amide bonds. The first kappa shape index (κ1) is 14.6. The molecule has 0 saturated carbocycles. The van der Waals surface area contributed by atoms with Crippen LogP contribution in [0.1, 0.15) is 5.56 Å². The maximum Gasteiger partial charge on any atom is 0.240 e. The summed E-state index contributed by atoms with van der Waals surface area (Å²) in [4.78, 5) is 0.281. The Balaban J connectivity index is 2.48. The Hall–Kier alpha value is -0.430. The summed E-state index contributed by atoms with van der Waals surface area (Å²) < 4.78 is 31.2. The molecular formula is C11H16BrNO3S. The third kappa shape index (κ3) is 5.16. The number of rotatable bonds is 7. The van der Waals surface area contributed by atoms with Crippen LogP contribution in [0.5, 0.6) is 0 Å². The summed E-state index contributed by atoms with van der Waals surface area (Å²) in [5, 5.41) is 0.748. The highest BCUT2D eigenvalue weighted by molar-refractivity contribution is 9.09. The fourth-order valence-electron chi connectivity index (χ4n) is 1.21. The van der Waals surface area contributed by atoms with Gasteiger partial charge >= 0.3 is 0 Å². The third-order valence-electron chi connectivity index (χ3n) is 2.09. The first-order chi connectivity index (χ1) is 8.06. The second-order valence-electron chi connectivity index (χ2n) is 3.51. The van der Waals surface area contributed by atoms with Gasteiger partial charge in [-0.25, -0.2) is 13.1 Å². The Labute approximate surface area is 111 Å². The van der Waals surface area contributed by atoms with Crippen molar-refractivity contribution in [3.8, 4) is 0 Å². The monoisotopic (exact) mass is 321 g/mol. The van der Waals surface area contributed by atoms with E-state index in [2.05, 4.69) is 20.7 Å². The van der Waals surface area contributed by atoms with E-state index in [1.807, 2.05) is 6.92 Å². The summed E-state index contributed by atoms with van der Waals surface area (Å²) in [5.41, 5.74) is 1.03. The Bertz CT molecular complexity index is 431. The van der Waals surface area contributed by atoms with Gasteiger partial charge in [0.2, 0.25) is 10.0 Å². The molecule has 0 saturated heterocycles. The zero-order valence-corrected chi connectivity index (χ0v) is 12.1. The number of benzene rings is 1. The second-order valence-corrected chi connectivity index (χ2v) is 6.07. The van der Waals surface area contributed by atoms with Gasteiger partial charge in [0.15, 0.2) is 0 Å². The molecule has 0 aliphatic rings. The van der Waals surface area contributed by atoms with Crippen LogP contribution in [0.2, 0.25) is 0 Å². The molecule has 0 fully saturated rings. The highest BCUT2D eigenvalue weighted by Gasteiger charge is 2.12. The lowest BCUT2D eigenvalue weighted by Gasteiger charge is -2.07. The van der Waals surface area contributed by atoms with Crippen LogP contribution >= 0.6 is 15.9 Å². The number of halogens is 1. The van der Waals surface area contributed by atoms with E-state index in [1.165, 1.54) is 0 Å². The van der Waals surface area contributed by atoms with Crippen molar-refractivity contribution in [2.45, 2.75) is 11.8 Å². The Kier molecular flexibility index (Phi) is 6.11. The van der Waals surface area contributed by atoms with Gasteiger partial charge in [-0.15, -0.1) is 0 Å². The normalized spacial score (nSPS) is 11.6. The van der Waals surface area contributed by atoms with E-state index in [4.69, 9.17) is 4.74 Å². The molecule has 1 N–H and O–H groups in total. The molecule has 0 aromatic heterocycles. The zero-order valence-electron chi connectivity index (χ0n) is 9.65. The molecule has 0 bridgehead atoms. The lowest BCUT2D eigenvalue weighted by Crippen LogP contribution is -2.27. The van der Waals surface area contributed by atoms with Gasteiger partial charge in [0.1, 0.15) is 0 Å². The van der Waals surface area contributed by atoms with E-state index >= 15 is 0 Å². The molecule has 0 unspecified atom stereocenters. The number of sulfonamides is 1. The third-order valence-corrected chi connectivity index (χ3v) is 3.89. The van der Waals surface area contributed by atoms with E-state index in [0.29, 0.717) is 13.2 Å². The molecule has 0 spiro atoms. The van der Waals surface area contributed by atoms with Gasteiger partial charge in [0.25, 0.3) is 0 Å². The standard InChI is InChI=1S/C11H16BrNO3S/c1-10-2-4-11(5-3-10)17(14,15)13-7-9-16-8-6-12/h2-5,13H,6-9H2,1H3. The van der Waals surface area contributed by atoms with E-state index in [0.717, 1.165) is 10.9 Å². The summed E-state index contributed by atoms with van der Waals surface area (Å²) in [6, 6.07) is 6.74. The van der Waals surface area contributed by atoms with Crippen molar-refractivity contribution < 1.29 is 13.2 Å².